The molecule has 1 aromatic heterocycles. The third-order valence-corrected chi connectivity index (χ3v) is 16.9. The summed E-state index contributed by atoms with van der Waals surface area (Å²) in [6.45, 7) is 4.96. The van der Waals surface area contributed by atoms with E-state index in [-0.39, 0.29) is 5.41 Å². The first-order valence-corrected chi connectivity index (χ1v) is 24.3. The molecular formula is C61H58N2. The molecule has 5 saturated carbocycles. The van der Waals surface area contributed by atoms with E-state index in [2.05, 4.69) is 181 Å². The molecule has 0 N–H and O–H groups in total. The summed E-state index contributed by atoms with van der Waals surface area (Å²) >= 11 is 0. The molecule has 312 valence electrons. The SMILES string of the molecule is CC1(C)c2cc(N(c3ccc(C4CCCCC4)cc3)c3ccc(C45CC6CC(CC(C6)C4)C5)cc3)cc(-c3ccccc3)c2-c2ccc3c4ccccc4n(-c4ccccc4)c3c21. The van der Waals surface area contributed by atoms with Gasteiger partial charge in [0.25, 0.3) is 0 Å². The average molecular weight is 819 g/mol. The zero-order valence-electron chi connectivity index (χ0n) is 37.0. The van der Waals surface area contributed by atoms with E-state index in [1.54, 1.807) is 5.56 Å². The Morgan fingerprint density at radius 1 is 0.540 bits per heavy atom. The van der Waals surface area contributed by atoms with Gasteiger partial charge in [0.05, 0.1) is 11.0 Å². The number of nitrogens with zero attached hydrogens (tertiary/aromatic N) is 2. The van der Waals surface area contributed by atoms with Gasteiger partial charge in [0, 0.05) is 38.9 Å². The van der Waals surface area contributed by atoms with Crippen LogP contribution in [0.5, 0.6) is 0 Å². The zero-order valence-corrected chi connectivity index (χ0v) is 37.0. The third kappa shape index (κ3) is 5.89. The van der Waals surface area contributed by atoms with Crippen molar-refractivity contribution in [2.45, 2.75) is 101 Å². The first kappa shape index (κ1) is 37.7. The Morgan fingerprint density at radius 3 is 1.84 bits per heavy atom. The monoisotopic (exact) mass is 818 g/mol. The number of anilines is 3. The number of hydrogen-bond acceptors (Lipinski definition) is 1. The fraction of sp³-hybridized carbons (Fsp3) is 0.311. The summed E-state index contributed by atoms with van der Waals surface area (Å²) in [5, 5.41) is 2.61. The molecule has 1 heterocycles. The van der Waals surface area contributed by atoms with Crippen LogP contribution in [0.4, 0.5) is 17.1 Å². The zero-order chi connectivity index (χ0) is 41.9. The van der Waals surface area contributed by atoms with Crippen molar-refractivity contribution in [3.05, 3.63) is 180 Å². The van der Waals surface area contributed by atoms with Crippen LogP contribution in [0, 0.1) is 17.8 Å². The maximum atomic E-state index is 2.58. The molecule has 6 aliphatic carbocycles. The van der Waals surface area contributed by atoms with Crippen molar-refractivity contribution in [3.63, 3.8) is 0 Å². The van der Waals surface area contributed by atoms with Crippen LogP contribution in [-0.4, -0.2) is 4.57 Å². The molecule has 0 aliphatic heterocycles. The minimum absolute atomic E-state index is 0.288. The van der Waals surface area contributed by atoms with Gasteiger partial charge in [-0.3, -0.25) is 0 Å². The summed E-state index contributed by atoms with van der Waals surface area (Å²) in [6, 6.07) is 60.8. The summed E-state index contributed by atoms with van der Waals surface area (Å²) < 4.78 is 2.53. The van der Waals surface area contributed by atoms with Gasteiger partial charge in [-0.25, -0.2) is 0 Å². The molecule has 0 radical (unpaired) electrons. The van der Waals surface area contributed by atoms with Crippen LogP contribution < -0.4 is 4.90 Å². The summed E-state index contributed by atoms with van der Waals surface area (Å²) in [6.07, 6.45) is 15.3. The Balaban J connectivity index is 1.01. The van der Waals surface area contributed by atoms with E-state index < -0.39 is 0 Å². The largest absolute Gasteiger partial charge is 0.310 e. The molecule has 14 rings (SSSR count). The Kier molecular flexibility index (Phi) is 8.57. The average Bonchev–Trinajstić information content (AvgIpc) is 3.78. The summed E-state index contributed by atoms with van der Waals surface area (Å²) in [4.78, 5) is 2.58. The van der Waals surface area contributed by atoms with Gasteiger partial charge in [0.2, 0.25) is 0 Å². The lowest BCUT2D eigenvalue weighted by Crippen LogP contribution is -2.48. The van der Waals surface area contributed by atoms with Crippen LogP contribution in [-0.2, 0) is 10.8 Å². The predicted octanol–water partition coefficient (Wildman–Crippen LogP) is 16.7. The van der Waals surface area contributed by atoms with E-state index in [0.29, 0.717) is 11.3 Å². The van der Waals surface area contributed by atoms with Gasteiger partial charge in [-0.2, -0.15) is 0 Å². The van der Waals surface area contributed by atoms with Gasteiger partial charge < -0.3 is 9.47 Å². The third-order valence-electron chi connectivity index (χ3n) is 16.9. The number of rotatable bonds is 7. The van der Waals surface area contributed by atoms with E-state index in [1.165, 1.54) is 154 Å². The molecule has 6 aliphatic rings. The second-order valence-corrected chi connectivity index (χ2v) is 21.0. The van der Waals surface area contributed by atoms with Gasteiger partial charge in [-0.05, 0) is 180 Å². The lowest BCUT2D eigenvalue weighted by molar-refractivity contribution is -0.00518. The Hall–Kier alpha value is -5.86. The molecule has 0 amide bonds. The van der Waals surface area contributed by atoms with Gasteiger partial charge in [0.15, 0.2) is 0 Å². The van der Waals surface area contributed by atoms with Crippen molar-refractivity contribution in [2.75, 3.05) is 4.90 Å². The first-order valence-electron chi connectivity index (χ1n) is 24.3. The molecule has 7 aromatic carbocycles. The molecule has 0 atom stereocenters. The standard InChI is InChI=1S/C61H58N2/c1-60(2)55-36-50(35-54(45-16-8-4-9-17-45)57(55)53-31-30-52-51-20-12-13-21-56(51)63(59(52)58(53)60)47-18-10-5-11-19-47)62(48-26-22-44(23-27-48)43-14-6-3-7-15-43)49-28-24-46(25-29-49)61-37-40-32-41(38-61)34-42(33-40)39-61/h4-5,8-13,16-31,35-36,40-43H,3,6-7,14-15,32-34,37-39H2,1-2H3. The number of para-hydroxylation sites is 2. The van der Waals surface area contributed by atoms with Crippen LogP contribution in [0.2, 0.25) is 0 Å². The van der Waals surface area contributed by atoms with Gasteiger partial charge in [0.1, 0.15) is 0 Å². The quantitative estimate of drug-likeness (QED) is 0.156. The molecule has 5 fully saturated rings. The lowest BCUT2D eigenvalue weighted by atomic mass is 9.48. The number of aromatic nitrogens is 1. The fourth-order valence-corrected chi connectivity index (χ4v) is 14.5. The smallest absolute Gasteiger partial charge is 0.0588 e. The van der Waals surface area contributed by atoms with Crippen LogP contribution >= 0.6 is 0 Å². The Labute approximate surface area is 373 Å². The Morgan fingerprint density at radius 2 is 1.16 bits per heavy atom. The van der Waals surface area contributed by atoms with Gasteiger partial charge in [-0.15, -0.1) is 0 Å². The highest BCUT2D eigenvalue weighted by molar-refractivity contribution is 6.14. The summed E-state index contributed by atoms with van der Waals surface area (Å²) in [7, 11) is 0. The summed E-state index contributed by atoms with van der Waals surface area (Å²) in [5.41, 5.74) is 18.7. The normalized spacial score (nSPS) is 23.3. The Bertz CT molecular complexity index is 2980. The van der Waals surface area contributed by atoms with Crippen molar-refractivity contribution in [3.8, 4) is 27.9 Å². The molecule has 8 aromatic rings. The highest BCUT2D eigenvalue weighted by atomic mass is 15.1. The van der Waals surface area contributed by atoms with E-state index in [4.69, 9.17) is 0 Å². The minimum Gasteiger partial charge on any atom is -0.310 e. The fourth-order valence-electron chi connectivity index (χ4n) is 14.5. The molecule has 0 unspecified atom stereocenters. The van der Waals surface area contributed by atoms with Crippen molar-refractivity contribution in [2.24, 2.45) is 17.8 Å². The predicted molar refractivity (Wildman–Crippen MR) is 264 cm³/mol. The lowest BCUT2D eigenvalue weighted by Gasteiger charge is -2.57. The maximum absolute atomic E-state index is 2.58. The van der Waals surface area contributed by atoms with Crippen molar-refractivity contribution >= 4 is 38.9 Å². The second kappa shape index (κ2) is 14.3. The van der Waals surface area contributed by atoms with Crippen molar-refractivity contribution in [1.82, 2.24) is 4.57 Å². The van der Waals surface area contributed by atoms with E-state index in [0.717, 1.165) is 17.8 Å². The second-order valence-electron chi connectivity index (χ2n) is 21.0. The van der Waals surface area contributed by atoms with Crippen LogP contribution in [0.3, 0.4) is 0 Å². The van der Waals surface area contributed by atoms with Crippen LogP contribution in [0.15, 0.2) is 158 Å². The highest BCUT2D eigenvalue weighted by Crippen LogP contribution is 2.61. The van der Waals surface area contributed by atoms with Crippen LogP contribution in [0.25, 0.3) is 49.7 Å². The molecule has 0 spiro atoms. The molecular weight excluding hydrogens is 761 g/mol. The molecule has 0 saturated heterocycles. The molecule has 63 heavy (non-hydrogen) atoms. The molecule has 4 bridgehead atoms. The number of hydrogen-bond donors (Lipinski definition) is 0. The van der Waals surface area contributed by atoms with E-state index in [9.17, 15) is 0 Å². The maximum Gasteiger partial charge on any atom is 0.0588 e. The van der Waals surface area contributed by atoms with E-state index in [1.807, 2.05) is 0 Å². The molecule has 2 nitrogen and oxygen atoms in total. The number of benzene rings is 7. The van der Waals surface area contributed by atoms with Gasteiger partial charge in [-0.1, -0.05) is 136 Å². The van der Waals surface area contributed by atoms with Gasteiger partial charge >= 0.3 is 0 Å². The summed E-state index contributed by atoms with van der Waals surface area (Å²) in [5.74, 6) is 3.47. The van der Waals surface area contributed by atoms with E-state index >= 15 is 0 Å². The molecule has 2 heteroatoms. The highest BCUT2D eigenvalue weighted by Gasteiger charge is 2.51. The number of fused-ring (bicyclic) bond motifs is 7. The van der Waals surface area contributed by atoms with Crippen molar-refractivity contribution < 1.29 is 0 Å². The topological polar surface area (TPSA) is 8.17 Å². The first-order chi connectivity index (χ1) is 30.9. The van der Waals surface area contributed by atoms with Crippen LogP contribution in [0.1, 0.15) is 113 Å². The minimum atomic E-state index is -0.288. The van der Waals surface area contributed by atoms with Crippen molar-refractivity contribution in [1.29, 1.82) is 0 Å².